The Balaban J connectivity index is 2.48. The molecule has 18 heavy (non-hydrogen) atoms. The van der Waals surface area contributed by atoms with Gasteiger partial charge in [0, 0.05) is 6.20 Å². The molecule has 3 nitrogen and oxygen atoms in total. The summed E-state index contributed by atoms with van der Waals surface area (Å²) in [6, 6.07) is 7.29. The van der Waals surface area contributed by atoms with Crippen LogP contribution in [-0.2, 0) is 0 Å². The molecule has 0 spiro atoms. The maximum absolute atomic E-state index is 13.2. The van der Waals surface area contributed by atoms with Crippen LogP contribution in [0.25, 0.3) is 0 Å². The fraction of sp³-hybridized carbons (Fsp3) is 0.143. The topological polar surface area (TPSA) is 39.2 Å². The van der Waals surface area contributed by atoms with Crippen LogP contribution in [0.5, 0.6) is 5.75 Å². The summed E-state index contributed by atoms with van der Waals surface area (Å²) in [5.74, 6) is -0.494. The maximum atomic E-state index is 13.2. The number of hydrogen-bond donors (Lipinski definition) is 0. The van der Waals surface area contributed by atoms with E-state index in [1.165, 1.54) is 19.2 Å². The average Bonchev–Trinajstić information content (AvgIpc) is 2.38. The summed E-state index contributed by atoms with van der Waals surface area (Å²) in [7, 11) is 1.44. The molecule has 92 valence electrons. The third-order valence-electron chi connectivity index (χ3n) is 2.55. The fourth-order valence-corrected chi connectivity index (χ4v) is 1.66. The zero-order chi connectivity index (χ0) is 13.1. The molecule has 1 aromatic carbocycles. The predicted octanol–water partition coefficient (Wildman–Crippen LogP) is 2.77. The highest BCUT2D eigenvalue weighted by molar-refractivity contribution is 6.09. The second-order valence-corrected chi connectivity index (χ2v) is 3.89. The maximum Gasteiger partial charge on any atom is 0.215 e. The molecule has 0 N–H and O–H groups in total. The monoisotopic (exact) mass is 245 g/mol. The van der Waals surface area contributed by atoms with Crippen molar-refractivity contribution in [3.05, 3.63) is 59.2 Å². The number of methoxy groups -OCH3 is 1. The number of ether oxygens (including phenoxy) is 1. The number of hydrogen-bond acceptors (Lipinski definition) is 3. The lowest BCUT2D eigenvalue weighted by Gasteiger charge is -2.07. The number of rotatable bonds is 3. The van der Waals surface area contributed by atoms with Gasteiger partial charge >= 0.3 is 0 Å². The van der Waals surface area contributed by atoms with Crippen LogP contribution in [0.4, 0.5) is 4.39 Å². The summed E-state index contributed by atoms with van der Waals surface area (Å²) in [6.07, 6.45) is 1.55. The standard InChI is InChI=1S/C14H12FNO2/c1-9-5-6-16-12(7-9)14(17)11-8-10(15)3-4-13(11)18-2/h3-8H,1-2H3. The van der Waals surface area contributed by atoms with Gasteiger partial charge in [0.15, 0.2) is 0 Å². The van der Waals surface area contributed by atoms with Gasteiger partial charge in [0.05, 0.1) is 12.7 Å². The highest BCUT2D eigenvalue weighted by Gasteiger charge is 2.16. The minimum Gasteiger partial charge on any atom is -0.496 e. The number of halogens is 1. The van der Waals surface area contributed by atoms with Crippen LogP contribution in [0, 0.1) is 12.7 Å². The number of benzene rings is 1. The molecule has 0 bridgehead atoms. The fourth-order valence-electron chi connectivity index (χ4n) is 1.66. The largest absolute Gasteiger partial charge is 0.496 e. The number of ketones is 1. The van der Waals surface area contributed by atoms with E-state index in [0.717, 1.165) is 11.6 Å². The van der Waals surface area contributed by atoms with Gasteiger partial charge in [-0.15, -0.1) is 0 Å². The lowest BCUT2D eigenvalue weighted by molar-refractivity contribution is 0.103. The van der Waals surface area contributed by atoms with Crippen LogP contribution in [0.1, 0.15) is 21.6 Å². The second kappa shape index (κ2) is 4.96. The first-order valence-corrected chi connectivity index (χ1v) is 5.42. The van der Waals surface area contributed by atoms with Gasteiger partial charge in [-0.1, -0.05) is 0 Å². The van der Waals surface area contributed by atoms with Crippen molar-refractivity contribution in [2.45, 2.75) is 6.92 Å². The summed E-state index contributed by atoms with van der Waals surface area (Å²) in [5, 5.41) is 0. The molecule has 0 radical (unpaired) electrons. The molecular formula is C14H12FNO2. The number of nitrogens with zero attached hydrogens (tertiary/aromatic N) is 1. The number of aromatic nitrogens is 1. The summed E-state index contributed by atoms with van der Waals surface area (Å²) >= 11 is 0. The van der Waals surface area contributed by atoms with Gasteiger partial charge in [0.2, 0.25) is 5.78 Å². The van der Waals surface area contributed by atoms with Crippen LogP contribution >= 0.6 is 0 Å². The Labute approximate surface area is 104 Å². The van der Waals surface area contributed by atoms with Crippen LogP contribution in [0.3, 0.4) is 0 Å². The molecule has 0 fully saturated rings. The molecule has 2 aromatic rings. The Bertz CT molecular complexity index is 596. The first kappa shape index (κ1) is 12.2. The SMILES string of the molecule is COc1ccc(F)cc1C(=O)c1cc(C)ccn1. The third-order valence-corrected chi connectivity index (χ3v) is 2.55. The summed E-state index contributed by atoms with van der Waals surface area (Å²) in [4.78, 5) is 16.2. The lowest BCUT2D eigenvalue weighted by atomic mass is 10.1. The predicted molar refractivity (Wildman–Crippen MR) is 65.4 cm³/mol. The zero-order valence-corrected chi connectivity index (χ0v) is 10.1. The summed E-state index contributed by atoms with van der Waals surface area (Å²) in [5.41, 5.74) is 1.37. The van der Waals surface area contributed by atoms with E-state index in [1.54, 1.807) is 18.3 Å². The average molecular weight is 245 g/mol. The molecule has 0 amide bonds. The van der Waals surface area contributed by atoms with E-state index in [2.05, 4.69) is 4.98 Å². The van der Waals surface area contributed by atoms with Gasteiger partial charge in [-0.25, -0.2) is 4.39 Å². The molecule has 0 saturated carbocycles. The van der Waals surface area contributed by atoms with Gasteiger partial charge in [0.1, 0.15) is 17.3 Å². The smallest absolute Gasteiger partial charge is 0.215 e. The van der Waals surface area contributed by atoms with Crippen molar-refractivity contribution in [2.24, 2.45) is 0 Å². The quantitative estimate of drug-likeness (QED) is 0.780. The van der Waals surface area contributed by atoms with E-state index >= 15 is 0 Å². The van der Waals surface area contributed by atoms with Crippen LogP contribution in [0.2, 0.25) is 0 Å². The van der Waals surface area contributed by atoms with Crippen molar-refractivity contribution in [1.29, 1.82) is 0 Å². The molecule has 0 aliphatic heterocycles. The summed E-state index contributed by atoms with van der Waals surface area (Å²) in [6.45, 7) is 1.86. The first-order chi connectivity index (χ1) is 8.61. The lowest BCUT2D eigenvalue weighted by Crippen LogP contribution is -2.06. The van der Waals surface area contributed by atoms with Crippen molar-refractivity contribution >= 4 is 5.78 Å². The number of carbonyl (C=O) groups is 1. The highest BCUT2D eigenvalue weighted by atomic mass is 19.1. The van der Waals surface area contributed by atoms with E-state index in [1.807, 2.05) is 6.92 Å². The van der Waals surface area contributed by atoms with Gasteiger partial charge in [-0.3, -0.25) is 9.78 Å². The first-order valence-electron chi connectivity index (χ1n) is 5.42. The second-order valence-electron chi connectivity index (χ2n) is 3.89. The van der Waals surface area contributed by atoms with Crippen LogP contribution in [0.15, 0.2) is 36.5 Å². The van der Waals surface area contributed by atoms with Crippen molar-refractivity contribution in [1.82, 2.24) is 4.98 Å². The molecule has 0 unspecified atom stereocenters. The van der Waals surface area contributed by atoms with E-state index in [0.29, 0.717) is 5.75 Å². The number of pyridine rings is 1. The molecule has 0 aliphatic carbocycles. The highest BCUT2D eigenvalue weighted by Crippen LogP contribution is 2.22. The Kier molecular flexibility index (Phi) is 3.37. The van der Waals surface area contributed by atoms with Crippen molar-refractivity contribution in [2.75, 3.05) is 7.11 Å². The van der Waals surface area contributed by atoms with E-state index in [9.17, 15) is 9.18 Å². The Morgan fingerprint density at radius 1 is 1.28 bits per heavy atom. The molecule has 2 rings (SSSR count). The van der Waals surface area contributed by atoms with E-state index < -0.39 is 5.82 Å². The summed E-state index contributed by atoms with van der Waals surface area (Å²) < 4.78 is 18.3. The molecule has 1 aromatic heterocycles. The zero-order valence-electron chi connectivity index (χ0n) is 10.1. The third kappa shape index (κ3) is 2.37. The Morgan fingerprint density at radius 2 is 2.06 bits per heavy atom. The van der Waals surface area contributed by atoms with Gasteiger partial charge in [-0.05, 0) is 42.8 Å². The van der Waals surface area contributed by atoms with E-state index in [-0.39, 0.29) is 17.0 Å². The van der Waals surface area contributed by atoms with Crippen molar-refractivity contribution < 1.29 is 13.9 Å². The van der Waals surface area contributed by atoms with Gasteiger partial charge in [-0.2, -0.15) is 0 Å². The molecule has 0 aliphatic rings. The van der Waals surface area contributed by atoms with E-state index in [4.69, 9.17) is 4.74 Å². The Morgan fingerprint density at radius 3 is 2.72 bits per heavy atom. The van der Waals surface area contributed by atoms with Crippen molar-refractivity contribution in [3.8, 4) is 5.75 Å². The van der Waals surface area contributed by atoms with Crippen molar-refractivity contribution in [3.63, 3.8) is 0 Å². The number of carbonyl (C=O) groups excluding carboxylic acids is 1. The van der Waals surface area contributed by atoms with Gasteiger partial charge < -0.3 is 4.74 Å². The number of aryl methyl sites for hydroxylation is 1. The molecule has 0 saturated heterocycles. The molecule has 4 heteroatoms. The minimum absolute atomic E-state index is 0.176. The van der Waals surface area contributed by atoms with Crippen LogP contribution in [-0.4, -0.2) is 17.9 Å². The normalized spacial score (nSPS) is 10.2. The van der Waals surface area contributed by atoms with Gasteiger partial charge in [0.25, 0.3) is 0 Å². The minimum atomic E-state index is -0.480. The van der Waals surface area contributed by atoms with Crippen LogP contribution < -0.4 is 4.74 Å². The molecule has 0 atom stereocenters. The molecular weight excluding hydrogens is 233 g/mol. The molecule has 1 heterocycles. The Hall–Kier alpha value is -2.23.